The molecule has 1 heterocycles. The zero-order valence-corrected chi connectivity index (χ0v) is 15.0. The predicted molar refractivity (Wildman–Crippen MR) is 94.2 cm³/mol. The number of aryl methyl sites for hydroxylation is 2. The van der Waals surface area contributed by atoms with Crippen LogP contribution in [0.1, 0.15) is 29.9 Å². The third-order valence-corrected chi connectivity index (χ3v) is 4.13. The van der Waals surface area contributed by atoms with Crippen molar-refractivity contribution in [3.05, 3.63) is 53.5 Å². The molecule has 2 aromatic rings. The molecule has 1 aromatic carbocycles. The zero-order chi connectivity index (χ0) is 17.7. The van der Waals surface area contributed by atoms with E-state index in [2.05, 4.69) is 5.32 Å². The van der Waals surface area contributed by atoms with Crippen LogP contribution in [0.15, 0.2) is 41.0 Å². The number of nitrogens with zero attached hydrogens (tertiary/aromatic N) is 1. The molecule has 5 nitrogen and oxygen atoms in total. The van der Waals surface area contributed by atoms with Gasteiger partial charge >= 0.3 is 0 Å². The van der Waals surface area contributed by atoms with Gasteiger partial charge in [-0.15, -0.1) is 0 Å². The fraction of sp³-hybridized carbons (Fsp3) is 0.421. The van der Waals surface area contributed by atoms with Crippen molar-refractivity contribution >= 4 is 5.91 Å². The second-order valence-corrected chi connectivity index (χ2v) is 6.25. The number of hydrogen-bond acceptors (Lipinski definition) is 4. The van der Waals surface area contributed by atoms with Gasteiger partial charge in [-0.25, -0.2) is 0 Å². The normalized spacial score (nSPS) is 13.6. The predicted octanol–water partition coefficient (Wildman–Crippen LogP) is 3.08. The van der Waals surface area contributed by atoms with E-state index in [-0.39, 0.29) is 11.9 Å². The summed E-state index contributed by atoms with van der Waals surface area (Å²) in [4.78, 5) is 14.3. The first-order valence-electron chi connectivity index (χ1n) is 8.10. The van der Waals surface area contributed by atoms with Gasteiger partial charge in [-0.3, -0.25) is 9.69 Å². The monoisotopic (exact) mass is 330 g/mol. The van der Waals surface area contributed by atoms with Crippen molar-refractivity contribution in [3.8, 4) is 5.75 Å². The first kappa shape index (κ1) is 18.1. The molecule has 0 saturated heterocycles. The lowest BCUT2D eigenvalue weighted by Gasteiger charge is -2.23. The molecule has 0 fully saturated rings. The first-order valence-corrected chi connectivity index (χ1v) is 8.10. The van der Waals surface area contributed by atoms with Gasteiger partial charge in [0.2, 0.25) is 0 Å². The van der Waals surface area contributed by atoms with E-state index in [1.807, 2.05) is 63.2 Å². The van der Waals surface area contributed by atoms with Crippen LogP contribution < -0.4 is 10.1 Å². The molecule has 1 aromatic heterocycles. The van der Waals surface area contributed by atoms with E-state index < -0.39 is 6.10 Å². The molecular weight excluding hydrogens is 304 g/mol. The van der Waals surface area contributed by atoms with Gasteiger partial charge in [0.1, 0.15) is 11.5 Å². The second kappa shape index (κ2) is 8.02. The number of likely N-dealkylation sites (N-methyl/N-ethyl adjacent to an activating group) is 1. The SMILES string of the molecule is Cc1ccc(O[C@H](C)C(=O)NC[C@@H](c2ccco2)N(C)C)cc1C. The van der Waals surface area contributed by atoms with Crippen molar-refractivity contribution in [3.63, 3.8) is 0 Å². The molecule has 130 valence electrons. The Morgan fingerprint density at radius 1 is 1.25 bits per heavy atom. The van der Waals surface area contributed by atoms with Gasteiger partial charge in [-0.1, -0.05) is 6.07 Å². The molecule has 0 aliphatic rings. The summed E-state index contributed by atoms with van der Waals surface area (Å²) in [5, 5.41) is 2.93. The van der Waals surface area contributed by atoms with Gasteiger partial charge in [-0.2, -0.15) is 0 Å². The minimum Gasteiger partial charge on any atom is -0.481 e. The van der Waals surface area contributed by atoms with E-state index in [0.717, 1.165) is 11.3 Å². The van der Waals surface area contributed by atoms with Crippen LogP contribution >= 0.6 is 0 Å². The lowest BCUT2D eigenvalue weighted by molar-refractivity contribution is -0.127. The molecule has 1 amide bonds. The third kappa shape index (κ3) is 4.61. The number of ether oxygens (including phenoxy) is 1. The summed E-state index contributed by atoms with van der Waals surface area (Å²) in [6, 6.07) is 9.57. The first-order chi connectivity index (χ1) is 11.4. The smallest absolute Gasteiger partial charge is 0.260 e. The Kier molecular flexibility index (Phi) is 6.04. The fourth-order valence-electron chi connectivity index (χ4n) is 2.40. The van der Waals surface area contributed by atoms with Crippen molar-refractivity contribution in [1.82, 2.24) is 10.2 Å². The Morgan fingerprint density at radius 3 is 2.58 bits per heavy atom. The number of amides is 1. The number of nitrogens with one attached hydrogen (secondary N) is 1. The Bertz CT molecular complexity index is 665. The molecule has 0 aliphatic carbocycles. The van der Waals surface area contributed by atoms with Crippen LogP contribution in [0.25, 0.3) is 0 Å². The van der Waals surface area contributed by atoms with E-state index in [4.69, 9.17) is 9.15 Å². The molecule has 0 spiro atoms. The molecule has 0 aliphatic heterocycles. The van der Waals surface area contributed by atoms with E-state index in [0.29, 0.717) is 12.3 Å². The van der Waals surface area contributed by atoms with E-state index in [1.54, 1.807) is 13.2 Å². The number of furan rings is 1. The highest BCUT2D eigenvalue weighted by molar-refractivity contribution is 5.80. The summed E-state index contributed by atoms with van der Waals surface area (Å²) in [6.07, 6.45) is 1.07. The maximum absolute atomic E-state index is 12.3. The highest BCUT2D eigenvalue weighted by atomic mass is 16.5. The number of carbonyl (C=O) groups is 1. The average Bonchev–Trinajstić information content (AvgIpc) is 3.04. The maximum Gasteiger partial charge on any atom is 0.260 e. The van der Waals surface area contributed by atoms with Crippen molar-refractivity contribution in [2.24, 2.45) is 0 Å². The van der Waals surface area contributed by atoms with Crippen molar-refractivity contribution in [2.75, 3.05) is 20.6 Å². The summed E-state index contributed by atoms with van der Waals surface area (Å²) in [7, 11) is 3.91. The summed E-state index contributed by atoms with van der Waals surface area (Å²) in [6.45, 7) is 6.28. The average molecular weight is 330 g/mol. The lowest BCUT2D eigenvalue weighted by atomic mass is 10.1. The van der Waals surface area contributed by atoms with Gasteiger partial charge in [0.05, 0.1) is 12.3 Å². The fourth-order valence-corrected chi connectivity index (χ4v) is 2.40. The molecular formula is C19H26N2O3. The molecule has 0 unspecified atom stereocenters. The van der Waals surface area contributed by atoms with Crippen molar-refractivity contribution < 1.29 is 13.9 Å². The Balaban J connectivity index is 1.92. The van der Waals surface area contributed by atoms with Gasteiger partial charge in [-0.05, 0) is 70.3 Å². The molecule has 2 atom stereocenters. The number of hydrogen-bond donors (Lipinski definition) is 1. The van der Waals surface area contributed by atoms with Gasteiger partial charge in [0, 0.05) is 6.54 Å². The number of rotatable bonds is 7. The summed E-state index contributed by atoms with van der Waals surface area (Å²) in [5.41, 5.74) is 2.34. The number of carbonyl (C=O) groups excluding carboxylic acids is 1. The summed E-state index contributed by atoms with van der Waals surface area (Å²) < 4.78 is 11.2. The summed E-state index contributed by atoms with van der Waals surface area (Å²) in [5.74, 6) is 1.38. The minimum absolute atomic E-state index is 0.0160. The second-order valence-electron chi connectivity index (χ2n) is 6.25. The van der Waals surface area contributed by atoms with Crippen molar-refractivity contribution in [1.29, 1.82) is 0 Å². The molecule has 5 heteroatoms. The van der Waals surface area contributed by atoms with Crippen LogP contribution in [0.5, 0.6) is 5.75 Å². The van der Waals surface area contributed by atoms with Crippen LogP contribution in [0.4, 0.5) is 0 Å². The maximum atomic E-state index is 12.3. The van der Waals surface area contributed by atoms with Crippen LogP contribution in [-0.2, 0) is 4.79 Å². The van der Waals surface area contributed by atoms with Gasteiger partial charge < -0.3 is 14.5 Å². The molecule has 24 heavy (non-hydrogen) atoms. The van der Waals surface area contributed by atoms with Crippen LogP contribution in [-0.4, -0.2) is 37.6 Å². The molecule has 0 radical (unpaired) electrons. The van der Waals surface area contributed by atoms with E-state index in [9.17, 15) is 4.79 Å². The Labute approximate surface area is 143 Å². The Morgan fingerprint density at radius 2 is 2.00 bits per heavy atom. The molecule has 0 saturated carbocycles. The zero-order valence-electron chi connectivity index (χ0n) is 15.0. The summed E-state index contributed by atoms with van der Waals surface area (Å²) >= 11 is 0. The minimum atomic E-state index is -0.563. The molecule has 2 rings (SSSR count). The van der Waals surface area contributed by atoms with Crippen molar-refractivity contribution in [2.45, 2.75) is 32.9 Å². The lowest BCUT2D eigenvalue weighted by Crippen LogP contribution is -2.40. The largest absolute Gasteiger partial charge is 0.481 e. The quantitative estimate of drug-likeness (QED) is 0.848. The van der Waals surface area contributed by atoms with Crippen LogP contribution in [0.3, 0.4) is 0 Å². The topological polar surface area (TPSA) is 54.7 Å². The Hall–Kier alpha value is -2.27. The highest BCUT2D eigenvalue weighted by Crippen LogP contribution is 2.19. The highest BCUT2D eigenvalue weighted by Gasteiger charge is 2.20. The van der Waals surface area contributed by atoms with Crippen LogP contribution in [0, 0.1) is 13.8 Å². The molecule has 0 bridgehead atoms. The molecule has 1 N–H and O–H groups in total. The van der Waals surface area contributed by atoms with E-state index >= 15 is 0 Å². The standard InChI is InChI=1S/C19H26N2O3/c1-13-8-9-16(11-14(13)2)24-15(3)19(22)20-12-17(21(4)5)18-7-6-10-23-18/h6-11,15,17H,12H2,1-5H3,(H,20,22)/t15-,17+/m1/s1. The van der Waals surface area contributed by atoms with Crippen LogP contribution in [0.2, 0.25) is 0 Å². The van der Waals surface area contributed by atoms with E-state index in [1.165, 1.54) is 5.56 Å². The number of benzene rings is 1. The van der Waals surface area contributed by atoms with Gasteiger partial charge in [0.25, 0.3) is 5.91 Å². The third-order valence-electron chi connectivity index (χ3n) is 4.13. The van der Waals surface area contributed by atoms with Gasteiger partial charge in [0.15, 0.2) is 6.10 Å².